The zero-order chi connectivity index (χ0) is 13.5. The van der Waals surface area contributed by atoms with Crippen LogP contribution in [0.3, 0.4) is 0 Å². The summed E-state index contributed by atoms with van der Waals surface area (Å²) in [6.07, 6.45) is 2.84. The van der Waals surface area contributed by atoms with Crippen LogP contribution >= 0.6 is 0 Å². The fourth-order valence-corrected chi connectivity index (χ4v) is 2.55. The Labute approximate surface area is 116 Å². The fourth-order valence-electron chi connectivity index (χ4n) is 2.55. The lowest BCUT2D eigenvalue weighted by Gasteiger charge is -2.16. The molecule has 1 saturated heterocycles. The molecule has 0 aliphatic carbocycles. The third-order valence-electron chi connectivity index (χ3n) is 3.77. The van der Waals surface area contributed by atoms with Crippen LogP contribution in [0.5, 0.6) is 0 Å². The summed E-state index contributed by atoms with van der Waals surface area (Å²) < 4.78 is 0. The summed E-state index contributed by atoms with van der Waals surface area (Å²) in [5, 5.41) is 3.48. The van der Waals surface area contributed by atoms with Gasteiger partial charge in [-0.25, -0.2) is 0 Å². The minimum Gasteiger partial charge on any atom is -0.343 e. The Kier molecular flexibility index (Phi) is 5.40. The average molecular weight is 260 g/mol. The second-order valence-corrected chi connectivity index (χ2v) is 5.35. The minimum atomic E-state index is 0.331. The number of benzene rings is 1. The molecule has 0 unspecified atom stereocenters. The lowest BCUT2D eigenvalue weighted by molar-refractivity contribution is -0.127. The predicted molar refractivity (Wildman–Crippen MR) is 78.2 cm³/mol. The lowest BCUT2D eigenvalue weighted by Crippen LogP contribution is -2.29. The number of likely N-dealkylation sites (tertiary alicyclic amines) is 1. The van der Waals surface area contributed by atoms with E-state index in [1.807, 2.05) is 4.90 Å². The van der Waals surface area contributed by atoms with Crippen LogP contribution in [-0.2, 0) is 4.79 Å². The monoisotopic (exact) mass is 260 g/mol. The third kappa shape index (κ3) is 4.35. The highest BCUT2D eigenvalue weighted by Crippen LogP contribution is 2.13. The summed E-state index contributed by atoms with van der Waals surface area (Å²) in [5.41, 5.74) is 1.38. The molecule has 104 valence electrons. The van der Waals surface area contributed by atoms with E-state index in [-0.39, 0.29) is 0 Å². The van der Waals surface area contributed by atoms with Gasteiger partial charge in [-0.05, 0) is 30.9 Å². The van der Waals surface area contributed by atoms with Gasteiger partial charge in [-0.3, -0.25) is 4.79 Å². The quantitative estimate of drug-likeness (QED) is 0.764. The Hall–Kier alpha value is -1.35. The molecule has 0 bridgehead atoms. The van der Waals surface area contributed by atoms with Crippen molar-refractivity contribution in [1.29, 1.82) is 0 Å². The Balaban J connectivity index is 1.58. The summed E-state index contributed by atoms with van der Waals surface area (Å²) in [4.78, 5) is 13.4. The van der Waals surface area contributed by atoms with Crippen molar-refractivity contribution in [2.75, 3.05) is 26.2 Å². The number of nitrogens with one attached hydrogen (secondary N) is 1. The molecule has 1 aliphatic heterocycles. The number of nitrogens with zero attached hydrogens (tertiary/aromatic N) is 1. The van der Waals surface area contributed by atoms with Gasteiger partial charge < -0.3 is 10.2 Å². The van der Waals surface area contributed by atoms with Crippen molar-refractivity contribution in [3.8, 4) is 0 Å². The number of amides is 1. The number of hydrogen-bond acceptors (Lipinski definition) is 2. The van der Waals surface area contributed by atoms with Crippen LogP contribution in [0.1, 0.15) is 37.7 Å². The molecule has 1 N–H and O–H groups in total. The molecule has 3 nitrogen and oxygen atoms in total. The molecule has 1 atom stereocenters. The summed E-state index contributed by atoms with van der Waals surface area (Å²) in [5.74, 6) is 0.868. The first kappa shape index (κ1) is 14.1. The van der Waals surface area contributed by atoms with E-state index >= 15 is 0 Å². The van der Waals surface area contributed by atoms with Gasteiger partial charge in [0.1, 0.15) is 0 Å². The summed E-state index contributed by atoms with van der Waals surface area (Å²) in [6, 6.07) is 10.6. The molecule has 0 spiro atoms. The maximum Gasteiger partial charge on any atom is 0.222 e. The molecule has 0 aromatic heterocycles. The molecule has 1 amide bonds. The van der Waals surface area contributed by atoms with E-state index < -0.39 is 0 Å². The SMILES string of the molecule is C[C@H](CNCCCN1CCCC1=O)c1ccccc1. The van der Waals surface area contributed by atoms with Crippen molar-refractivity contribution >= 4 is 5.91 Å². The number of carbonyl (C=O) groups is 1. The highest BCUT2D eigenvalue weighted by molar-refractivity contribution is 5.77. The van der Waals surface area contributed by atoms with Crippen molar-refractivity contribution in [2.24, 2.45) is 0 Å². The average Bonchev–Trinajstić information content (AvgIpc) is 2.85. The zero-order valence-electron chi connectivity index (χ0n) is 11.8. The molecular formula is C16H24N2O. The predicted octanol–water partition coefficient (Wildman–Crippen LogP) is 2.39. The normalized spacial score (nSPS) is 16.9. The van der Waals surface area contributed by atoms with Gasteiger partial charge in [0, 0.05) is 26.1 Å². The first-order chi connectivity index (χ1) is 9.27. The van der Waals surface area contributed by atoms with Crippen molar-refractivity contribution < 1.29 is 4.79 Å². The third-order valence-corrected chi connectivity index (χ3v) is 3.77. The topological polar surface area (TPSA) is 32.3 Å². The van der Waals surface area contributed by atoms with Gasteiger partial charge in [0.2, 0.25) is 5.91 Å². The van der Waals surface area contributed by atoms with E-state index in [1.54, 1.807) is 0 Å². The van der Waals surface area contributed by atoms with Crippen LogP contribution in [0.4, 0.5) is 0 Å². The summed E-state index contributed by atoms with van der Waals surface area (Å²) in [6.45, 7) is 6.09. The molecule has 1 aliphatic rings. The maximum absolute atomic E-state index is 11.4. The molecule has 2 rings (SSSR count). The number of hydrogen-bond donors (Lipinski definition) is 1. The van der Waals surface area contributed by atoms with Gasteiger partial charge in [-0.2, -0.15) is 0 Å². The van der Waals surface area contributed by atoms with Crippen molar-refractivity contribution in [3.63, 3.8) is 0 Å². The minimum absolute atomic E-state index is 0.331. The van der Waals surface area contributed by atoms with Crippen LogP contribution in [0.25, 0.3) is 0 Å². The first-order valence-electron chi connectivity index (χ1n) is 7.31. The van der Waals surface area contributed by atoms with Gasteiger partial charge >= 0.3 is 0 Å². The number of carbonyl (C=O) groups excluding carboxylic acids is 1. The standard InChI is InChI=1S/C16H24N2O/c1-14(15-7-3-2-4-8-15)13-17-10-6-12-18-11-5-9-16(18)19/h2-4,7-8,14,17H,5-6,9-13H2,1H3/t14-/m1/s1. The number of rotatable bonds is 7. The smallest absolute Gasteiger partial charge is 0.222 e. The van der Waals surface area contributed by atoms with Gasteiger partial charge in [0.25, 0.3) is 0 Å². The van der Waals surface area contributed by atoms with Gasteiger partial charge in [-0.1, -0.05) is 37.3 Å². The van der Waals surface area contributed by atoms with E-state index in [0.717, 1.165) is 45.4 Å². The highest BCUT2D eigenvalue weighted by atomic mass is 16.2. The second-order valence-electron chi connectivity index (χ2n) is 5.35. The molecule has 3 heteroatoms. The summed E-state index contributed by atoms with van der Waals surface area (Å²) >= 11 is 0. The second kappa shape index (κ2) is 7.29. The van der Waals surface area contributed by atoms with Gasteiger partial charge in [0.15, 0.2) is 0 Å². The van der Waals surface area contributed by atoms with Gasteiger partial charge in [0.05, 0.1) is 0 Å². The van der Waals surface area contributed by atoms with E-state index in [4.69, 9.17) is 0 Å². The molecule has 1 fully saturated rings. The largest absolute Gasteiger partial charge is 0.343 e. The molecule has 0 saturated carbocycles. The van der Waals surface area contributed by atoms with Crippen molar-refractivity contribution in [2.45, 2.75) is 32.1 Å². The van der Waals surface area contributed by atoms with E-state index in [0.29, 0.717) is 11.8 Å². The first-order valence-corrected chi connectivity index (χ1v) is 7.31. The molecule has 1 heterocycles. The van der Waals surface area contributed by atoms with Crippen LogP contribution in [0.2, 0.25) is 0 Å². The molecule has 19 heavy (non-hydrogen) atoms. The molecule has 0 radical (unpaired) electrons. The molecule has 1 aromatic carbocycles. The Bertz CT molecular complexity index is 391. The van der Waals surface area contributed by atoms with Crippen LogP contribution in [0, 0.1) is 0 Å². The Morgan fingerprint density at radius 3 is 2.79 bits per heavy atom. The van der Waals surface area contributed by atoms with Crippen molar-refractivity contribution in [3.05, 3.63) is 35.9 Å². The Morgan fingerprint density at radius 1 is 1.32 bits per heavy atom. The van der Waals surface area contributed by atoms with E-state index in [2.05, 4.69) is 42.6 Å². The highest BCUT2D eigenvalue weighted by Gasteiger charge is 2.18. The zero-order valence-corrected chi connectivity index (χ0v) is 11.8. The van der Waals surface area contributed by atoms with Crippen LogP contribution < -0.4 is 5.32 Å². The van der Waals surface area contributed by atoms with E-state index in [9.17, 15) is 4.79 Å². The van der Waals surface area contributed by atoms with E-state index in [1.165, 1.54) is 5.56 Å². The molecular weight excluding hydrogens is 236 g/mol. The van der Waals surface area contributed by atoms with Gasteiger partial charge in [-0.15, -0.1) is 0 Å². The molecule has 1 aromatic rings. The van der Waals surface area contributed by atoms with Crippen molar-refractivity contribution in [1.82, 2.24) is 10.2 Å². The van der Waals surface area contributed by atoms with Crippen LogP contribution in [0.15, 0.2) is 30.3 Å². The lowest BCUT2D eigenvalue weighted by atomic mass is 10.0. The fraction of sp³-hybridized carbons (Fsp3) is 0.562. The summed E-state index contributed by atoms with van der Waals surface area (Å²) in [7, 11) is 0. The maximum atomic E-state index is 11.4. The van der Waals surface area contributed by atoms with Crippen LogP contribution in [-0.4, -0.2) is 37.0 Å². The Morgan fingerprint density at radius 2 is 2.11 bits per heavy atom.